The zero-order chi connectivity index (χ0) is 10.4. The van der Waals surface area contributed by atoms with E-state index in [1.54, 1.807) is 12.1 Å². The molecule has 78 valence electrons. The average molecular weight is 234 g/mol. The smallest absolute Gasteiger partial charge is 0.0638 e. The second kappa shape index (κ2) is 6.12. The van der Waals surface area contributed by atoms with Crippen LogP contribution in [0.3, 0.4) is 0 Å². The molecule has 0 aliphatic carbocycles. The maximum absolute atomic E-state index is 5.85. The zero-order valence-corrected chi connectivity index (χ0v) is 9.53. The van der Waals surface area contributed by atoms with Crippen LogP contribution in [0.25, 0.3) is 0 Å². The molecule has 1 rings (SSSR count). The van der Waals surface area contributed by atoms with Gasteiger partial charge in [0, 0.05) is 18.8 Å². The van der Waals surface area contributed by atoms with E-state index in [0.717, 1.165) is 18.8 Å². The number of hydrogen-bond donors (Lipinski definition) is 1. The summed E-state index contributed by atoms with van der Waals surface area (Å²) in [6, 6.07) is 5.46. The summed E-state index contributed by atoms with van der Waals surface area (Å²) in [6.07, 6.45) is 0. The highest BCUT2D eigenvalue weighted by Gasteiger charge is 1.98. The van der Waals surface area contributed by atoms with Crippen LogP contribution in [0.1, 0.15) is 6.92 Å². The molecule has 0 saturated carbocycles. The molecule has 0 unspecified atom stereocenters. The van der Waals surface area contributed by atoms with Gasteiger partial charge in [0.2, 0.25) is 0 Å². The molecule has 0 radical (unpaired) electrons. The lowest BCUT2D eigenvalue weighted by Gasteiger charge is -2.07. The fourth-order valence-corrected chi connectivity index (χ4v) is 1.32. The molecule has 0 spiro atoms. The molecular formula is C10H13Cl2NO. The summed E-state index contributed by atoms with van der Waals surface area (Å²) in [5.74, 6) is 0. The molecule has 0 aliphatic heterocycles. The third-order valence-corrected chi connectivity index (χ3v) is 2.44. The number of anilines is 1. The van der Waals surface area contributed by atoms with Gasteiger partial charge in [0.1, 0.15) is 0 Å². The summed E-state index contributed by atoms with van der Waals surface area (Å²) in [5, 5.41) is 4.31. The lowest BCUT2D eigenvalue weighted by molar-refractivity contribution is 0.158. The first kappa shape index (κ1) is 11.6. The standard InChI is InChI=1S/C10H13Cl2NO/c1-2-14-6-5-13-8-3-4-9(11)10(12)7-8/h3-4,7,13H,2,5-6H2,1H3. The predicted molar refractivity (Wildman–Crippen MR) is 61.4 cm³/mol. The van der Waals surface area contributed by atoms with Crippen LogP contribution >= 0.6 is 23.2 Å². The Labute approximate surface area is 94.2 Å². The van der Waals surface area contributed by atoms with Gasteiger partial charge in [-0.25, -0.2) is 0 Å². The molecule has 0 aromatic heterocycles. The van der Waals surface area contributed by atoms with E-state index in [1.807, 2.05) is 13.0 Å². The van der Waals surface area contributed by atoms with E-state index in [0.29, 0.717) is 16.7 Å². The predicted octanol–water partition coefficient (Wildman–Crippen LogP) is 3.44. The number of halogens is 2. The average Bonchev–Trinajstić information content (AvgIpc) is 2.18. The van der Waals surface area contributed by atoms with E-state index >= 15 is 0 Å². The van der Waals surface area contributed by atoms with Gasteiger partial charge in [-0.05, 0) is 25.1 Å². The van der Waals surface area contributed by atoms with Crippen molar-refractivity contribution in [3.8, 4) is 0 Å². The number of benzene rings is 1. The van der Waals surface area contributed by atoms with E-state index in [2.05, 4.69) is 5.32 Å². The minimum atomic E-state index is 0.563. The van der Waals surface area contributed by atoms with Crippen LogP contribution in [0.5, 0.6) is 0 Å². The quantitative estimate of drug-likeness (QED) is 0.788. The third-order valence-electron chi connectivity index (χ3n) is 1.70. The summed E-state index contributed by atoms with van der Waals surface area (Å²) >= 11 is 11.6. The van der Waals surface area contributed by atoms with Gasteiger partial charge in [0.25, 0.3) is 0 Å². The molecule has 1 aromatic carbocycles. The number of rotatable bonds is 5. The highest BCUT2D eigenvalue weighted by molar-refractivity contribution is 6.42. The van der Waals surface area contributed by atoms with Crippen molar-refractivity contribution >= 4 is 28.9 Å². The Kier molecular flexibility index (Phi) is 5.09. The van der Waals surface area contributed by atoms with Crippen molar-refractivity contribution in [2.45, 2.75) is 6.92 Å². The minimum Gasteiger partial charge on any atom is -0.383 e. The van der Waals surface area contributed by atoms with E-state index < -0.39 is 0 Å². The van der Waals surface area contributed by atoms with Crippen molar-refractivity contribution in [1.29, 1.82) is 0 Å². The molecule has 0 bridgehead atoms. The molecule has 14 heavy (non-hydrogen) atoms. The van der Waals surface area contributed by atoms with Crippen molar-refractivity contribution in [2.24, 2.45) is 0 Å². The van der Waals surface area contributed by atoms with Crippen LogP contribution in [0.4, 0.5) is 5.69 Å². The number of nitrogens with one attached hydrogen (secondary N) is 1. The molecule has 0 atom stereocenters. The third kappa shape index (κ3) is 3.74. The maximum Gasteiger partial charge on any atom is 0.0638 e. The SMILES string of the molecule is CCOCCNc1ccc(Cl)c(Cl)c1. The lowest BCUT2D eigenvalue weighted by Crippen LogP contribution is -2.08. The summed E-state index contributed by atoms with van der Waals surface area (Å²) in [6.45, 7) is 4.17. The summed E-state index contributed by atoms with van der Waals surface area (Å²) in [5.41, 5.74) is 0.958. The molecule has 0 amide bonds. The van der Waals surface area contributed by atoms with E-state index in [1.165, 1.54) is 0 Å². The maximum atomic E-state index is 5.85. The van der Waals surface area contributed by atoms with Crippen molar-refractivity contribution in [2.75, 3.05) is 25.1 Å². The molecule has 0 aliphatic rings. The first-order valence-corrected chi connectivity index (χ1v) is 5.26. The molecule has 4 heteroatoms. The minimum absolute atomic E-state index is 0.563. The van der Waals surface area contributed by atoms with Gasteiger partial charge in [-0.2, -0.15) is 0 Å². The van der Waals surface area contributed by atoms with Crippen LogP contribution in [0.15, 0.2) is 18.2 Å². The van der Waals surface area contributed by atoms with Gasteiger partial charge in [0.05, 0.1) is 16.7 Å². The van der Waals surface area contributed by atoms with Crippen LogP contribution in [-0.2, 0) is 4.74 Å². The molecule has 0 fully saturated rings. The lowest BCUT2D eigenvalue weighted by atomic mass is 10.3. The molecule has 2 nitrogen and oxygen atoms in total. The fraction of sp³-hybridized carbons (Fsp3) is 0.400. The Bertz CT molecular complexity index is 291. The normalized spacial score (nSPS) is 10.2. The van der Waals surface area contributed by atoms with Crippen molar-refractivity contribution in [1.82, 2.24) is 0 Å². The van der Waals surface area contributed by atoms with Crippen molar-refractivity contribution in [3.63, 3.8) is 0 Å². The Hall–Kier alpha value is -0.440. The van der Waals surface area contributed by atoms with Crippen molar-refractivity contribution in [3.05, 3.63) is 28.2 Å². The second-order valence-electron chi connectivity index (χ2n) is 2.75. The van der Waals surface area contributed by atoms with Gasteiger partial charge in [-0.15, -0.1) is 0 Å². The molecule has 1 N–H and O–H groups in total. The Morgan fingerprint density at radius 2 is 2.07 bits per heavy atom. The second-order valence-corrected chi connectivity index (χ2v) is 3.57. The topological polar surface area (TPSA) is 21.3 Å². The largest absolute Gasteiger partial charge is 0.383 e. The monoisotopic (exact) mass is 233 g/mol. The van der Waals surface area contributed by atoms with E-state index in [-0.39, 0.29) is 0 Å². The first-order valence-electron chi connectivity index (χ1n) is 4.50. The van der Waals surface area contributed by atoms with Gasteiger partial charge in [0.15, 0.2) is 0 Å². The highest BCUT2D eigenvalue weighted by Crippen LogP contribution is 2.24. The molecule has 0 heterocycles. The molecule has 1 aromatic rings. The summed E-state index contributed by atoms with van der Waals surface area (Å²) < 4.78 is 5.19. The van der Waals surface area contributed by atoms with E-state index in [9.17, 15) is 0 Å². The van der Waals surface area contributed by atoms with Gasteiger partial charge >= 0.3 is 0 Å². The Morgan fingerprint density at radius 3 is 2.71 bits per heavy atom. The van der Waals surface area contributed by atoms with Crippen LogP contribution in [0.2, 0.25) is 10.0 Å². The Morgan fingerprint density at radius 1 is 1.29 bits per heavy atom. The van der Waals surface area contributed by atoms with Crippen molar-refractivity contribution < 1.29 is 4.74 Å². The summed E-state index contributed by atoms with van der Waals surface area (Å²) in [7, 11) is 0. The number of ether oxygens (including phenoxy) is 1. The highest BCUT2D eigenvalue weighted by atomic mass is 35.5. The van der Waals surface area contributed by atoms with Gasteiger partial charge < -0.3 is 10.1 Å². The van der Waals surface area contributed by atoms with Gasteiger partial charge in [-0.1, -0.05) is 23.2 Å². The first-order chi connectivity index (χ1) is 6.74. The summed E-state index contributed by atoms with van der Waals surface area (Å²) in [4.78, 5) is 0. The number of hydrogen-bond acceptors (Lipinski definition) is 2. The van der Waals surface area contributed by atoms with Gasteiger partial charge in [-0.3, -0.25) is 0 Å². The van der Waals surface area contributed by atoms with Crippen LogP contribution in [0, 0.1) is 0 Å². The zero-order valence-electron chi connectivity index (χ0n) is 8.02. The van der Waals surface area contributed by atoms with Crippen LogP contribution in [-0.4, -0.2) is 19.8 Å². The van der Waals surface area contributed by atoms with Crippen LogP contribution < -0.4 is 5.32 Å². The fourth-order valence-electron chi connectivity index (χ4n) is 1.02. The Balaban J connectivity index is 2.39. The molecular weight excluding hydrogens is 221 g/mol. The molecule has 0 saturated heterocycles. The van der Waals surface area contributed by atoms with E-state index in [4.69, 9.17) is 27.9 Å².